The minimum absolute atomic E-state index is 0.103. The number of hydrogen-bond acceptors (Lipinski definition) is 7. The minimum atomic E-state index is 0.103. The first kappa shape index (κ1) is 16.8. The van der Waals surface area contributed by atoms with E-state index in [1.54, 1.807) is 29.2 Å². The van der Waals surface area contributed by atoms with Crippen LogP contribution >= 0.6 is 23.4 Å². The third kappa shape index (κ3) is 3.36. The molecule has 0 radical (unpaired) electrons. The predicted octanol–water partition coefficient (Wildman–Crippen LogP) is 3.42. The van der Waals surface area contributed by atoms with Crippen LogP contribution in [0.2, 0.25) is 5.02 Å². The van der Waals surface area contributed by atoms with Gasteiger partial charge >= 0.3 is 0 Å². The van der Waals surface area contributed by atoms with Crippen molar-refractivity contribution in [3.8, 4) is 6.07 Å². The van der Waals surface area contributed by atoms with Gasteiger partial charge < -0.3 is 9.32 Å². The lowest BCUT2D eigenvalue weighted by Gasteiger charge is -2.11. The number of fused-ring (bicyclic) bond motifs is 1. The molecule has 0 aliphatic carbocycles. The summed E-state index contributed by atoms with van der Waals surface area (Å²) in [5.41, 5.74) is 1.14. The van der Waals surface area contributed by atoms with Crippen LogP contribution < -0.4 is 0 Å². The monoisotopic (exact) mass is 385 g/mol. The molecule has 1 aliphatic rings. The fraction of sp³-hybridized carbons (Fsp3) is 0.235. The quantitative estimate of drug-likeness (QED) is 0.678. The second-order valence-electron chi connectivity index (χ2n) is 5.76. The van der Waals surface area contributed by atoms with Crippen LogP contribution in [0.25, 0.3) is 10.9 Å². The zero-order chi connectivity index (χ0) is 18.1. The van der Waals surface area contributed by atoms with Gasteiger partial charge in [-0.2, -0.15) is 5.26 Å². The van der Waals surface area contributed by atoms with Gasteiger partial charge in [0.05, 0.1) is 23.7 Å². The summed E-state index contributed by atoms with van der Waals surface area (Å²) >= 11 is 7.17. The highest BCUT2D eigenvalue weighted by atomic mass is 35.5. The summed E-state index contributed by atoms with van der Waals surface area (Å²) in [5.74, 6) is 0.488. The lowest BCUT2D eigenvalue weighted by Crippen LogP contribution is -2.23. The summed E-state index contributed by atoms with van der Waals surface area (Å²) in [6, 6.07) is 9.03. The number of hydrogen-bond donors (Lipinski definition) is 0. The molecule has 26 heavy (non-hydrogen) atoms. The van der Waals surface area contributed by atoms with Gasteiger partial charge in [0.1, 0.15) is 5.03 Å². The van der Waals surface area contributed by atoms with Crippen LogP contribution in [0.15, 0.2) is 38.9 Å². The van der Waals surface area contributed by atoms with E-state index >= 15 is 0 Å². The van der Waals surface area contributed by atoms with Crippen molar-refractivity contribution in [1.29, 1.82) is 5.26 Å². The van der Waals surface area contributed by atoms with Crippen LogP contribution in [0.4, 0.5) is 0 Å². The number of rotatable bonds is 4. The molecule has 0 bridgehead atoms. The largest absolute Gasteiger partial charge is 0.414 e. The van der Waals surface area contributed by atoms with E-state index in [2.05, 4.69) is 21.3 Å². The van der Waals surface area contributed by atoms with Crippen molar-refractivity contribution in [2.24, 2.45) is 0 Å². The number of carbonyl (C=O) groups excluding carboxylic acids is 1. The van der Waals surface area contributed by atoms with Crippen molar-refractivity contribution >= 4 is 40.2 Å². The average molecular weight is 386 g/mol. The molecule has 130 valence electrons. The van der Waals surface area contributed by atoms with E-state index in [1.807, 2.05) is 0 Å². The molecule has 1 aliphatic heterocycles. The highest BCUT2D eigenvalue weighted by Crippen LogP contribution is 2.30. The second-order valence-corrected chi connectivity index (χ2v) is 7.17. The third-order valence-corrected chi connectivity index (χ3v) is 5.00. The van der Waals surface area contributed by atoms with E-state index in [1.165, 1.54) is 11.8 Å². The fourth-order valence-corrected chi connectivity index (χ4v) is 3.68. The lowest BCUT2D eigenvalue weighted by atomic mass is 10.1. The first-order chi connectivity index (χ1) is 12.6. The minimum Gasteiger partial charge on any atom is -0.414 e. The van der Waals surface area contributed by atoms with E-state index in [4.69, 9.17) is 16.0 Å². The summed E-state index contributed by atoms with van der Waals surface area (Å²) in [7, 11) is 0. The molecule has 3 aromatic rings. The number of benzene rings is 1. The number of aromatic nitrogens is 3. The van der Waals surface area contributed by atoms with Gasteiger partial charge in [0, 0.05) is 23.4 Å². The zero-order valence-electron chi connectivity index (χ0n) is 13.5. The Labute approximate surface area is 158 Å². The third-order valence-electron chi connectivity index (χ3n) is 4.01. The van der Waals surface area contributed by atoms with Crippen molar-refractivity contribution in [3.63, 3.8) is 0 Å². The van der Waals surface area contributed by atoms with Gasteiger partial charge in [-0.05, 0) is 42.4 Å². The summed E-state index contributed by atoms with van der Waals surface area (Å²) < 4.78 is 5.61. The number of amides is 1. The number of carbonyl (C=O) groups is 1. The van der Waals surface area contributed by atoms with Crippen LogP contribution in [0.5, 0.6) is 0 Å². The molecule has 3 heterocycles. The molecule has 9 heteroatoms. The maximum atomic E-state index is 11.7. The molecule has 7 nitrogen and oxygen atoms in total. The molecule has 2 aromatic heterocycles. The molecular formula is C17H12ClN5O2S. The van der Waals surface area contributed by atoms with E-state index < -0.39 is 0 Å². The normalized spacial score (nSPS) is 14.2. The van der Waals surface area contributed by atoms with E-state index in [-0.39, 0.29) is 5.91 Å². The van der Waals surface area contributed by atoms with Gasteiger partial charge in [-0.15, -0.1) is 10.2 Å². The highest BCUT2D eigenvalue weighted by Gasteiger charge is 2.22. The Morgan fingerprint density at radius 3 is 3.00 bits per heavy atom. The Hall–Kier alpha value is -2.63. The van der Waals surface area contributed by atoms with Crippen LogP contribution in [-0.2, 0) is 11.3 Å². The topological polar surface area (TPSA) is 95.9 Å². The molecule has 1 amide bonds. The Morgan fingerprint density at radius 2 is 2.23 bits per heavy atom. The number of likely N-dealkylation sites (tertiary alicyclic amines) is 1. The van der Waals surface area contributed by atoms with Crippen molar-refractivity contribution in [1.82, 2.24) is 20.1 Å². The maximum absolute atomic E-state index is 11.7. The van der Waals surface area contributed by atoms with Gasteiger partial charge in [0.25, 0.3) is 5.22 Å². The zero-order valence-corrected chi connectivity index (χ0v) is 15.0. The fourth-order valence-electron chi connectivity index (χ4n) is 2.79. The van der Waals surface area contributed by atoms with Gasteiger partial charge in [-0.1, -0.05) is 11.6 Å². The summed E-state index contributed by atoms with van der Waals surface area (Å²) in [6.07, 6.45) is 1.42. The van der Waals surface area contributed by atoms with Crippen LogP contribution in [-0.4, -0.2) is 32.5 Å². The van der Waals surface area contributed by atoms with Crippen LogP contribution in [0, 0.1) is 11.3 Å². The van der Waals surface area contributed by atoms with E-state index in [9.17, 15) is 10.1 Å². The first-order valence-corrected chi connectivity index (χ1v) is 9.10. The molecule has 4 rings (SSSR count). The standard InChI is InChI=1S/C17H12ClN5O2S/c18-11-3-4-13-12(7-11)10(8-19)6-15(20-13)26-17-22-21-14(25-17)9-23-5-1-2-16(23)24/h3-4,6-7H,1-2,5,9H2. The van der Waals surface area contributed by atoms with Gasteiger partial charge in [-0.25, -0.2) is 4.98 Å². The summed E-state index contributed by atoms with van der Waals surface area (Å²) in [5, 5.41) is 19.5. The predicted molar refractivity (Wildman–Crippen MR) is 94.5 cm³/mol. The first-order valence-electron chi connectivity index (χ1n) is 7.91. The van der Waals surface area contributed by atoms with Crippen LogP contribution in [0.1, 0.15) is 24.3 Å². The van der Waals surface area contributed by atoms with Crippen LogP contribution in [0.3, 0.4) is 0 Å². The molecule has 1 fully saturated rings. The van der Waals surface area contributed by atoms with Crippen molar-refractivity contribution in [2.45, 2.75) is 29.6 Å². The number of nitrogens with zero attached hydrogens (tertiary/aromatic N) is 5. The smallest absolute Gasteiger partial charge is 0.283 e. The molecule has 0 unspecified atom stereocenters. The second kappa shape index (κ2) is 6.94. The average Bonchev–Trinajstić information content (AvgIpc) is 3.24. The molecule has 0 atom stereocenters. The summed E-state index contributed by atoms with van der Waals surface area (Å²) in [6.45, 7) is 1.03. The van der Waals surface area contributed by atoms with Crippen molar-refractivity contribution in [2.75, 3.05) is 6.54 Å². The van der Waals surface area contributed by atoms with Gasteiger partial charge in [0.15, 0.2) is 0 Å². The Morgan fingerprint density at radius 1 is 1.35 bits per heavy atom. The van der Waals surface area contributed by atoms with E-state index in [0.29, 0.717) is 57.1 Å². The van der Waals surface area contributed by atoms with Gasteiger partial charge in [-0.3, -0.25) is 4.79 Å². The molecular weight excluding hydrogens is 374 g/mol. The maximum Gasteiger partial charge on any atom is 0.283 e. The highest BCUT2D eigenvalue weighted by molar-refractivity contribution is 7.99. The number of pyridine rings is 1. The SMILES string of the molecule is N#Cc1cc(Sc2nnc(CN3CCCC3=O)o2)nc2ccc(Cl)cc12. The van der Waals surface area contributed by atoms with Crippen molar-refractivity contribution < 1.29 is 9.21 Å². The Bertz CT molecular complexity index is 1050. The molecule has 0 saturated carbocycles. The van der Waals surface area contributed by atoms with Crippen molar-refractivity contribution in [3.05, 3.63) is 40.7 Å². The summed E-state index contributed by atoms with van der Waals surface area (Å²) in [4.78, 5) is 17.9. The molecule has 0 spiro atoms. The molecule has 1 saturated heterocycles. The number of nitriles is 1. The Balaban J connectivity index is 1.57. The number of halogens is 1. The Kier molecular flexibility index (Phi) is 4.49. The van der Waals surface area contributed by atoms with E-state index in [0.717, 1.165) is 6.42 Å². The van der Waals surface area contributed by atoms with Gasteiger partial charge in [0.2, 0.25) is 11.8 Å². The molecule has 1 aromatic carbocycles. The molecule has 0 N–H and O–H groups in total. The lowest BCUT2D eigenvalue weighted by molar-refractivity contribution is -0.128.